The van der Waals surface area contributed by atoms with Crippen LogP contribution < -0.4 is 5.32 Å². The molecule has 0 saturated heterocycles. The number of methoxy groups -OCH3 is 1. The van der Waals surface area contributed by atoms with Gasteiger partial charge in [-0.25, -0.2) is 9.67 Å². The Morgan fingerprint density at radius 2 is 2.48 bits per heavy atom. The van der Waals surface area contributed by atoms with Gasteiger partial charge < -0.3 is 10.1 Å². The van der Waals surface area contributed by atoms with Gasteiger partial charge in [-0.1, -0.05) is 0 Å². The lowest BCUT2D eigenvalue weighted by atomic mass is 10.1. The Morgan fingerprint density at radius 1 is 1.57 bits per heavy atom. The molecule has 7 nitrogen and oxygen atoms in total. The summed E-state index contributed by atoms with van der Waals surface area (Å²) < 4.78 is 6.98. The van der Waals surface area contributed by atoms with Gasteiger partial charge in [-0.3, -0.25) is 4.98 Å². The second-order valence-electron chi connectivity index (χ2n) is 4.97. The molecule has 0 amide bonds. The molecule has 1 unspecified atom stereocenters. The van der Waals surface area contributed by atoms with Gasteiger partial charge >= 0.3 is 0 Å². The zero-order valence-corrected chi connectivity index (χ0v) is 11.8. The van der Waals surface area contributed by atoms with Gasteiger partial charge in [-0.2, -0.15) is 10.4 Å². The third-order valence-electron chi connectivity index (χ3n) is 3.48. The van der Waals surface area contributed by atoms with Crippen LogP contribution in [0.25, 0.3) is 0 Å². The van der Waals surface area contributed by atoms with Gasteiger partial charge in [0.2, 0.25) is 0 Å². The summed E-state index contributed by atoms with van der Waals surface area (Å²) in [7, 11) is 1.64. The Hall–Kier alpha value is -2.46. The lowest BCUT2D eigenvalue weighted by Crippen LogP contribution is -2.32. The quantitative estimate of drug-likeness (QED) is 0.905. The van der Waals surface area contributed by atoms with E-state index in [1.165, 1.54) is 0 Å². The van der Waals surface area contributed by atoms with E-state index < -0.39 is 0 Å². The molecule has 0 saturated carbocycles. The fourth-order valence-corrected chi connectivity index (χ4v) is 2.50. The number of ether oxygens (including phenoxy) is 1. The summed E-state index contributed by atoms with van der Waals surface area (Å²) in [5.74, 6) is 1.71. The number of nitriles is 1. The summed E-state index contributed by atoms with van der Waals surface area (Å²) in [5.41, 5.74) is 1.38. The van der Waals surface area contributed by atoms with Crippen molar-refractivity contribution in [3.05, 3.63) is 35.7 Å². The normalized spacial score (nSPS) is 17.0. The molecular weight excluding hydrogens is 268 g/mol. The molecule has 0 aliphatic carbocycles. The monoisotopic (exact) mass is 284 g/mol. The number of hydrogen-bond acceptors (Lipinski definition) is 6. The summed E-state index contributed by atoms with van der Waals surface area (Å²) in [6.07, 6.45) is 5.08. The SMILES string of the molecule is COCc1nc2n(n1)CC(Nc1ccncc1C#N)CC2. The van der Waals surface area contributed by atoms with E-state index in [1.54, 1.807) is 19.5 Å². The van der Waals surface area contributed by atoms with Crippen LogP contribution in [0.5, 0.6) is 0 Å². The maximum absolute atomic E-state index is 9.10. The number of anilines is 1. The number of aryl methyl sites for hydroxylation is 1. The fraction of sp³-hybridized carbons (Fsp3) is 0.429. The smallest absolute Gasteiger partial charge is 0.176 e. The topological polar surface area (TPSA) is 88.7 Å². The van der Waals surface area contributed by atoms with E-state index >= 15 is 0 Å². The molecule has 0 aromatic carbocycles. The maximum atomic E-state index is 9.10. The molecule has 2 aromatic heterocycles. The van der Waals surface area contributed by atoms with Gasteiger partial charge in [0.15, 0.2) is 5.82 Å². The Bertz CT molecular complexity index is 674. The van der Waals surface area contributed by atoms with Crippen LogP contribution in [0.1, 0.15) is 23.6 Å². The predicted octanol–water partition coefficient (Wildman–Crippen LogP) is 1.12. The van der Waals surface area contributed by atoms with E-state index in [2.05, 4.69) is 26.5 Å². The van der Waals surface area contributed by atoms with Gasteiger partial charge in [0.05, 0.1) is 17.8 Å². The van der Waals surface area contributed by atoms with Crippen molar-refractivity contribution in [3.63, 3.8) is 0 Å². The van der Waals surface area contributed by atoms with Gasteiger partial charge in [-0.05, 0) is 12.5 Å². The number of hydrogen-bond donors (Lipinski definition) is 1. The minimum absolute atomic E-state index is 0.226. The van der Waals surface area contributed by atoms with Crippen LogP contribution in [0.15, 0.2) is 18.5 Å². The number of nitrogens with one attached hydrogen (secondary N) is 1. The van der Waals surface area contributed by atoms with Crippen LogP contribution >= 0.6 is 0 Å². The number of fused-ring (bicyclic) bond motifs is 1. The highest BCUT2D eigenvalue weighted by Crippen LogP contribution is 2.19. The van der Waals surface area contributed by atoms with Crippen LogP contribution in [0.4, 0.5) is 5.69 Å². The average molecular weight is 284 g/mol. The fourth-order valence-electron chi connectivity index (χ4n) is 2.50. The van der Waals surface area contributed by atoms with Crippen LogP contribution in [-0.2, 0) is 24.3 Å². The zero-order valence-electron chi connectivity index (χ0n) is 11.8. The first-order valence-electron chi connectivity index (χ1n) is 6.82. The highest BCUT2D eigenvalue weighted by molar-refractivity contribution is 5.56. The largest absolute Gasteiger partial charge is 0.379 e. The molecule has 3 heterocycles. The van der Waals surface area contributed by atoms with E-state index in [0.29, 0.717) is 12.2 Å². The summed E-state index contributed by atoms with van der Waals surface area (Å²) in [6.45, 7) is 1.17. The highest BCUT2D eigenvalue weighted by atomic mass is 16.5. The Morgan fingerprint density at radius 3 is 3.29 bits per heavy atom. The lowest BCUT2D eigenvalue weighted by Gasteiger charge is -2.24. The maximum Gasteiger partial charge on any atom is 0.176 e. The van der Waals surface area contributed by atoms with Crippen molar-refractivity contribution in [1.29, 1.82) is 5.26 Å². The zero-order chi connectivity index (χ0) is 14.7. The first-order chi connectivity index (χ1) is 10.3. The van der Waals surface area contributed by atoms with E-state index in [-0.39, 0.29) is 6.04 Å². The minimum Gasteiger partial charge on any atom is -0.379 e. The van der Waals surface area contributed by atoms with E-state index in [0.717, 1.165) is 36.7 Å². The van der Waals surface area contributed by atoms with Crippen molar-refractivity contribution < 1.29 is 4.74 Å². The summed E-state index contributed by atoms with van der Waals surface area (Å²) in [4.78, 5) is 8.42. The van der Waals surface area contributed by atoms with Crippen LogP contribution in [0, 0.1) is 11.3 Å². The average Bonchev–Trinajstić information content (AvgIpc) is 2.90. The molecule has 0 fully saturated rings. The molecule has 0 spiro atoms. The first kappa shape index (κ1) is 13.5. The molecule has 0 radical (unpaired) electrons. The van der Waals surface area contributed by atoms with Gasteiger partial charge in [0.25, 0.3) is 0 Å². The number of rotatable bonds is 4. The molecule has 3 rings (SSSR count). The molecule has 21 heavy (non-hydrogen) atoms. The van der Waals surface area contributed by atoms with E-state index in [1.807, 2.05) is 10.7 Å². The minimum atomic E-state index is 0.226. The summed E-state index contributed by atoms with van der Waals surface area (Å²) in [5, 5.41) is 16.9. The van der Waals surface area contributed by atoms with Crippen molar-refractivity contribution in [1.82, 2.24) is 19.7 Å². The molecule has 2 aromatic rings. The van der Waals surface area contributed by atoms with Crippen molar-refractivity contribution in [2.24, 2.45) is 0 Å². The predicted molar refractivity (Wildman–Crippen MR) is 75.4 cm³/mol. The van der Waals surface area contributed by atoms with Crippen LogP contribution in [0.3, 0.4) is 0 Å². The second kappa shape index (κ2) is 5.89. The van der Waals surface area contributed by atoms with Crippen molar-refractivity contribution in [3.8, 4) is 6.07 Å². The molecule has 7 heteroatoms. The molecule has 1 N–H and O–H groups in total. The molecular formula is C14H16N6O. The summed E-state index contributed by atoms with van der Waals surface area (Å²) >= 11 is 0. The van der Waals surface area contributed by atoms with Crippen LogP contribution in [-0.4, -0.2) is 32.9 Å². The second-order valence-corrected chi connectivity index (χ2v) is 4.97. The Labute approximate surface area is 122 Å². The van der Waals surface area contributed by atoms with Crippen LogP contribution in [0.2, 0.25) is 0 Å². The third kappa shape index (κ3) is 2.85. The number of pyridine rings is 1. The molecule has 108 valence electrons. The summed E-state index contributed by atoms with van der Waals surface area (Å²) in [6, 6.07) is 4.20. The van der Waals surface area contributed by atoms with Gasteiger partial charge in [0, 0.05) is 32.0 Å². The molecule has 1 aliphatic rings. The van der Waals surface area contributed by atoms with E-state index in [9.17, 15) is 0 Å². The highest BCUT2D eigenvalue weighted by Gasteiger charge is 2.22. The first-order valence-corrected chi connectivity index (χ1v) is 6.82. The van der Waals surface area contributed by atoms with Crippen molar-refractivity contribution >= 4 is 5.69 Å². The van der Waals surface area contributed by atoms with Gasteiger partial charge in [0.1, 0.15) is 18.5 Å². The Balaban J connectivity index is 1.73. The molecule has 1 aliphatic heterocycles. The molecule has 1 atom stereocenters. The molecule has 0 bridgehead atoms. The van der Waals surface area contributed by atoms with Crippen molar-refractivity contribution in [2.45, 2.75) is 32.0 Å². The number of nitrogens with zero attached hydrogens (tertiary/aromatic N) is 5. The van der Waals surface area contributed by atoms with Crippen molar-refractivity contribution in [2.75, 3.05) is 12.4 Å². The van der Waals surface area contributed by atoms with Gasteiger partial charge in [-0.15, -0.1) is 0 Å². The lowest BCUT2D eigenvalue weighted by molar-refractivity contribution is 0.177. The number of aromatic nitrogens is 4. The Kier molecular flexibility index (Phi) is 3.79. The van der Waals surface area contributed by atoms with E-state index in [4.69, 9.17) is 10.00 Å². The third-order valence-corrected chi connectivity index (χ3v) is 3.48. The standard InChI is InChI=1S/C14H16N6O/c1-21-9-13-18-14-3-2-11(8-20(14)19-13)17-12-4-5-16-7-10(12)6-15/h4-5,7,11H,2-3,8-9H2,1H3,(H,16,17).